The van der Waals surface area contributed by atoms with Crippen molar-refractivity contribution in [2.45, 2.75) is 25.7 Å². The standard InChI is InChI=1S/C13H20Cl2N2O2S/c1-4-17(5-2)7-6-16-20(18,19)13-8-10(3)11(14)9-12(13)15/h8-9,16H,4-7H2,1-3H3. The first-order valence-electron chi connectivity index (χ1n) is 6.49. The van der Waals surface area contributed by atoms with Crippen LogP contribution in [0.3, 0.4) is 0 Å². The van der Waals surface area contributed by atoms with E-state index in [1.165, 1.54) is 12.1 Å². The minimum absolute atomic E-state index is 0.0700. The summed E-state index contributed by atoms with van der Waals surface area (Å²) in [5.74, 6) is 0. The van der Waals surface area contributed by atoms with Crippen LogP contribution in [0.2, 0.25) is 10.0 Å². The van der Waals surface area contributed by atoms with E-state index in [-0.39, 0.29) is 9.92 Å². The third-order valence-corrected chi connectivity index (χ3v) is 5.45. The van der Waals surface area contributed by atoms with E-state index in [1.54, 1.807) is 6.92 Å². The SMILES string of the molecule is CCN(CC)CCNS(=O)(=O)c1cc(C)c(Cl)cc1Cl. The first-order chi connectivity index (χ1) is 9.31. The summed E-state index contributed by atoms with van der Waals surface area (Å²) in [5, 5.41) is 0.591. The van der Waals surface area contributed by atoms with Crippen molar-refractivity contribution < 1.29 is 8.42 Å². The van der Waals surface area contributed by atoms with Gasteiger partial charge in [0.25, 0.3) is 0 Å². The number of likely N-dealkylation sites (N-methyl/N-ethyl adjacent to an activating group) is 1. The predicted octanol–water partition coefficient (Wildman–Crippen LogP) is 2.92. The highest BCUT2D eigenvalue weighted by atomic mass is 35.5. The summed E-state index contributed by atoms with van der Waals surface area (Å²) in [4.78, 5) is 2.21. The third kappa shape index (κ3) is 4.60. The van der Waals surface area contributed by atoms with E-state index in [0.717, 1.165) is 13.1 Å². The zero-order valence-electron chi connectivity index (χ0n) is 11.9. The Labute approximate surface area is 131 Å². The van der Waals surface area contributed by atoms with Crippen molar-refractivity contribution in [2.75, 3.05) is 26.2 Å². The molecule has 1 N–H and O–H groups in total. The molecule has 20 heavy (non-hydrogen) atoms. The lowest BCUT2D eigenvalue weighted by molar-refractivity contribution is 0.309. The number of halogens is 2. The highest BCUT2D eigenvalue weighted by molar-refractivity contribution is 7.89. The molecular formula is C13H20Cl2N2O2S. The summed E-state index contributed by atoms with van der Waals surface area (Å²) in [6.07, 6.45) is 0. The number of aryl methyl sites for hydroxylation is 1. The van der Waals surface area contributed by atoms with Gasteiger partial charge in [-0.25, -0.2) is 13.1 Å². The number of benzene rings is 1. The molecule has 114 valence electrons. The predicted molar refractivity (Wildman–Crippen MR) is 84.2 cm³/mol. The van der Waals surface area contributed by atoms with Crippen molar-refractivity contribution in [3.63, 3.8) is 0 Å². The number of nitrogens with zero attached hydrogens (tertiary/aromatic N) is 1. The van der Waals surface area contributed by atoms with Gasteiger partial charge in [0.2, 0.25) is 10.0 Å². The van der Waals surface area contributed by atoms with Crippen molar-refractivity contribution in [3.8, 4) is 0 Å². The molecule has 0 aliphatic rings. The Morgan fingerprint density at radius 2 is 1.75 bits per heavy atom. The quantitative estimate of drug-likeness (QED) is 0.831. The van der Waals surface area contributed by atoms with E-state index in [9.17, 15) is 8.42 Å². The van der Waals surface area contributed by atoms with Gasteiger partial charge in [0, 0.05) is 18.1 Å². The van der Waals surface area contributed by atoms with Gasteiger partial charge in [0.15, 0.2) is 0 Å². The van der Waals surface area contributed by atoms with Crippen LogP contribution in [0.5, 0.6) is 0 Å². The Balaban J connectivity index is 2.82. The average molecular weight is 339 g/mol. The van der Waals surface area contributed by atoms with Gasteiger partial charge >= 0.3 is 0 Å². The number of hydrogen-bond acceptors (Lipinski definition) is 3. The molecule has 0 saturated carbocycles. The Morgan fingerprint density at radius 1 is 1.15 bits per heavy atom. The van der Waals surface area contributed by atoms with Gasteiger partial charge in [-0.15, -0.1) is 0 Å². The fourth-order valence-corrected chi connectivity index (χ4v) is 3.64. The number of sulfonamides is 1. The molecule has 0 saturated heterocycles. The van der Waals surface area contributed by atoms with Crippen molar-refractivity contribution in [1.29, 1.82) is 0 Å². The van der Waals surface area contributed by atoms with E-state index in [1.807, 2.05) is 13.8 Å². The zero-order chi connectivity index (χ0) is 15.3. The molecule has 0 radical (unpaired) electrons. The van der Waals surface area contributed by atoms with E-state index in [0.29, 0.717) is 23.7 Å². The van der Waals surface area contributed by atoms with E-state index >= 15 is 0 Å². The number of nitrogens with one attached hydrogen (secondary N) is 1. The maximum absolute atomic E-state index is 12.2. The molecule has 0 fully saturated rings. The smallest absolute Gasteiger partial charge is 0.242 e. The van der Waals surface area contributed by atoms with Gasteiger partial charge < -0.3 is 4.90 Å². The topological polar surface area (TPSA) is 49.4 Å². The van der Waals surface area contributed by atoms with Gasteiger partial charge in [-0.1, -0.05) is 37.0 Å². The lowest BCUT2D eigenvalue weighted by Crippen LogP contribution is -2.34. The van der Waals surface area contributed by atoms with Gasteiger partial charge in [-0.2, -0.15) is 0 Å². The Morgan fingerprint density at radius 3 is 2.30 bits per heavy atom. The molecule has 0 heterocycles. The van der Waals surface area contributed by atoms with Crippen LogP contribution in [0.25, 0.3) is 0 Å². The van der Waals surface area contributed by atoms with Gasteiger partial charge in [-0.3, -0.25) is 0 Å². The van der Waals surface area contributed by atoms with Crippen LogP contribution >= 0.6 is 23.2 Å². The summed E-state index contributed by atoms with van der Waals surface area (Å²) in [5.41, 5.74) is 0.681. The van der Waals surface area contributed by atoms with Crippen LogP contribution in [0.15, 0.2) is 17.0 Å². The Kier molecular flexibility index (Phi) is 6.75. The minimum Gasteiger partial charge on any atom is -0.303 e. The zero-order valence-corrected chi connectivity index (χ0v) is 14.2. The molecule has 0 aliphatic carbocycles. The lowest BCUT2D eigenvalue weighted by Gasteiger charge is -2.18. The van der Waals surface area contributed by atoms with Crippen LogP contribution in [-0.2, 0) is 10.0 Å². The Bertz CT molecular complexity index is 558. The fourth-order valence-electron chi connectivity index (χ4n) is 1.79. The van der Waals surface area contributed by atoms with Crippen LogP contribution in [-0.4, -0.2) is 39.5 Å². The third-order valence-electron chi connectivity index (χ3n) is 3.12. The monoisotopic (exact) mass is 338 g/mol. The van der Waals surface area contributed by atoms with Gasteiger partial charge in [-0.05, 0) is 37.7 Å². The highest BCUT2D eigenvalue weighted by Gasteiger charge is 2.19. The molecule has 0 atom stereocenters. The lowest BCUT2D eigenvalue weighted by atomic mass is 10.2. The number of rotatable bonds is 7. The maximum Gasteiger partial charge on any atom is 0.242 e. The van der Waals surface area contributed by atoms with Crippen molar-refractivity contribution in [3.05, 3.63) is 27.7 Å². The van der Waals surface area contributed by atoms with E-state index in [4.69, 9.17) is 23.2 Å². The van der Waals surface area contributed by atoms with Gasteiger partial charge in [0.05, 0.1) is 5.02 Å². The highest BCUT2D eigenvalue weighted by Crippen LogP contribution is 2.27. The molecule has 4 nitrogen and oxygen atoms in total. The summed E-state index contributed by atoms with van der Waals surface area (Å²) in [6.45, 7) is 8.61. The minimum atomic E-state index is -3.61. The molecule has 0 unspecified atom stereocenters. The summed E-state index contributed by atoms with van der Waals surface area (Å²) >= 11 is 11.9. The molecule has 1 aromatic rings. The van der Waals surface area contributed by atoms with Crippen molar-refractivity contribution >= 4 is 33.2 Å². The molecule has 1 aromatic carbocycles. The summed E-state index contributed by atoms with van der Waals surface area (Å²) < 4.78 is 27.0. The molecule has 0 aliphatic heterocycles. The molecule has 0 spiro atoms. The van der Waals surface area contributed by atoms with Crippen LogP contribution < -0.4 is 4.72 Å². The molecule has 0 aromatic heterocycles. The second kappa shape index (κ2) is 7.61. The number of hydrogen-bond donors (Lipinski definition) is 1. The van der Waals surface area contributed by atoms with Crippen molar-refractivity contribution in [1.82, 2.24) is 9.62 Å². The molecule has 0 bridgehead atoms. The van der Waals surface area contributed by atoms with E-state index in [2.05, 4.69) is 9.62 Å². The maximum atomic E-state index is 12.2. The molecular weight excluding hydrogens is 319 g/mol. The second-order valence-electron chi connectivity index (χ2n) is 4.46. The normalized spacial score (nSPS) is 12.1. The molecule has 1 rings (SSSR count). The largest absolute Gasteiger partial charge is 0.303 e. The second-order valence-corrected chi connectivity index (χ2v) is 7.01. The van der Waals surface area contributed by atoms with E-state index < -0.39 is 10.0 Å². The fraction of sp³-hybridized carbons (Fsp3) is 0.538. The summed E-state index contributed by atoms with van der Waals surface area (Å²) in [7, 11) is -3.61. The van der Waals surface area contributed by atoms with Crippen LogP contribution in [0, 0.1) is 6.92 Å². The summed E-state index contributed by atoms with van der Waals surface area (Å²) in [6, 6.07) is 2.95. The first-order valence-corrected chi connectivity index (χ1v) is 8.73. The van der Waals surface area contributed by atoms with Crippen LogP contribution in [0.1, 0.15) is 19.4 Å². The van der Waals surface area contributed by atoms with Crippen molar-refractivity contribution in [2.24, 2.45) is 0 Å². The Hall–Kier alpha value is -0.330. The van der Waals surface area contributed by atoms with Crippen LogP contribution in [0.4, 0.5) is 0 Å². The molecule has 0 amide bonds. The first kappa shape index (κ1) is 17.7. The molecule has 7 heteroatoms. The average Bonchev–Trinajstić information content (AvgIpc) is 2.38. The van der Waals surface area contributed by atoms with Gasteiger partial charge in [0.1, 0.15) is 4.90 Å².